The predicted octanol–water partition coefficient (Wildman–Crippen LogP) is 6.88. The quantitative estimate of drug-likeness (QED) is 0.250. The monoisotopic (exact) mass is 516 g/mol. The lowest BCUT2D eigenvalue weighted by atomic mass is 10.1. The molecule has 7 heteroatoms. The summed E-state index contributed by atoms with van der Waals surface area (Å²) in [7, 11) is -3.69. The van der Waals surface area contributed by atoms with Gasteiger partial charge in [-0.2, -0.15) is 0 Å². The van der Waals surface area contributed by atoms with Crippen molar-refractivity contribution < 1.29 is 13.2 Å². The maximum absolute atomic E-state index is 13.4. The Labute approximate surface area is 217 Å². The van der Waals surface area contributed by atoms with Crippen molar-refractivity contribution in [1.82, 2.24) is 0 Å². The topological polar surface area (TPSA) is 75.3 Å². The number of sulfonamides is 1. The van der Waals surface area contributed by atoms with E-state index in [0.717, 1.165) is 32.8 Å². The van der Waals surface area contributed by atoms with Crippen molar-refractivity contribution >= 4 is 39.1 Å². The maximum Gasteiger partial charge on any atom is 0.261 e. The molecule has 1 amide bonds. The third kappa shape index (κ3) is 6.17. The lowest BCUT2D eigenvalue weighted by molar-refractivity contribution is -0.115. The molecular weight excluding hydrogens is 488 g/mol. The molecule has 0 saturated heterocycles. The Morgan fingerprint density at radius 1 is 0.750 bits per heavy atom. The van der Waals surface area contributed by atoms with Crippen LogP contribution in [0, 0.1) is 20.8 Å². The van der Waals surface area contributed by atoms with Crippen LogP contribution < -0.4 is 10.0 Å². The summed E-state index contributed by atoms with van der Waals surface area (Å²) in [6, 6.07) is 29.3. The van der Waals surface area contributed by atoms with Crippen molar-refractivity contribution in [3.05, 3.63) is 119 Å². The van der Waals surface area contributed by atoms with E-state index in [1.54, 1.807) is 36.4 Å². The zero-order valence-electron chi connectivity index (χ0n) is 20.4. The van der Waals surface area contributed by atoms with Gasteiger partial charge < -0.3 is 5.32 Å². The fourth-order valence-corrected chi connectivity index (χ4v) is 5.85. The Bertz CT molecular complexity index is 1430. The first-order valence-electron chi connectivity index (χ1n) is 11.5. The summed E-state index contributed by atoms with van der Waals surface area (Å²) < 4.78 is 28.0. The molecule has 0 fully saturated rings. The zero-order chi connectivity index (χ0) is 25.7. The lowest BCUT2D eigenvalue weighted by Crippen LogP contribution is -2.20. The molecule has 36 heavy (non-hydrogen) atoms. The van der Waals surface area contributed by atoms with Gasteiger partial charge in [0.2, 0.25) is 5.91 Å². The Balaban J connectivity index is 1.53. The largest absolute Gasteiger partial charge is 0.324 e. The molecular formula is C29H28N2O3S2. The second kappa shape index (κ2) is 11.0. The third-order valence-electron chi connectivity index (χ3n) is 5.76. The van der Waals surface area contributed by atoms with Crippen LogP contribution in [-0.4, -0.2) is 14.3 Å². The van der Waals surface area contributed by atoms with Crippen LogP contribution in [0.3, 0.4) is 0 Å². The summed E-state index contributed by atoms with van der Waals surface area (Å²) in [5.74, 6) is -0.118. The predicted molar refractivity (Wildman–Crippen MR) is 148 cm³/mol. The number of hydrogen-bond acceptors (Lipinski definition) is 4. The first-order chi connectivity index (χ1) is 17.2. The minimum atomic E-state index is -3.69. The lowest BCUT2D eigenvalue weighted by Gasteiger charge is -2.19. The smallest absolute Gasteiger partial charge is 0.261 e. The molecule has 0 aliphatic heterocycles. The number of thioether (sulfide) groups is 1. The second-order valence-corrected chi connectivity index (χ2v) is 11.5. The molecule has 4 aromatic rings. The minimum absolute atomic E-state index is 0.118. The van der Waals surface area contributed by atoms with Crippen LogP contribution in [0.15, 0.2) is 107 Å². The third-order valence-corrected chi connectivity index (χ3v) is 8.43. The Kier molecular flexibility index (Phi) is 7.82. The number of anilines is 2. The fourth-order valence-electron chi connectivity index (χ4n) is 3.77. The van der Waals surface area contributed by atoms with E-state index in [1.165, 1.54) is 11.8 Å². The SMILES string of the molecule is Cc1ccc(S(=O)(=O)Nc2ccc(SC(C(=O)Nc3c(C)cccc3C)c3ccccc3)cc2)cc1. The molecule has 1 unspecified atom stereocenters. The Morgan fingerprint density at radius 3 is 1.97 bits per heavy atom. The van der Waals surface area contributed by atoms with Crippen LogP contribution in [0.25, 0.3) is 0 Å². The van der Waals surface area contributed by atoms with E-state index in [9.17, 15) is 13.2 Å². The molecule has 4 aromatic carbocycles. The van der Waals surface area contributed by atoms with Crippen molar-refractivity contribution in [3.63, 3.8) is 0 Å². The number of aryl methyl sites for hydroxylation is 3. The van der Waals surface area contributed by atoms with Gasteiger partial charge in [0.05, 0.1) is 4.90 Å². The van der Waals surface area contributed by atoms with Crippen LogP contribution in [-0.2, 0) is 14.8 Å². The Hall–Kier alpha value is -3.55. The van der Waals surface area contributed by atoms with Crippen LogP contribution in [0.4, 0.5) is 11.4 Å². The number of nitrogens with one attached hydrogen (secondary N) is 2. The minimum Gasteiger partial charge on any atom is -0.324 e. The van der Waals surface area contributed by atoms with Crippen molar-refractivity contribution in [2.24, 2.45) is 0 Å². The first-order valence-corrected chi connectivity index (χ1v) is 13.9. The molecule has 0 bridgehead atoms. The van der Waals surface area contributed by atoms with E-state index in [4.69, 9.17) is 0 Å². The van der Waals surface area contributed by atoms with Crippen molar-refractivity contribution in [2.45, 2.75) is 35.8 Å². The number of carbonyl (C=O) groups excluding carboxylic acids is 1. The molecule has 0 saturated carbocycles. The summed E-state index contributed by atoms with van der Waals surface area (Å²) in [5, 5.41) is 2.62. The van der Waals surface area contributed by atoms with Gasteiger partial charge in [-0.05, 0) is 73.9 Å². The molecule has 0 aliphatic carbocycles. The van der Waals surface area contributed by atoms with Crippen LogP contribution in [0.2, 0.25) is 0 Å². The molecule has 0 heterocycles. The van der Waals surface area contributed by atoms with Gasteiger partial charge >= 0.3 is 0 Å². The Morgan fingerprint density at radius 2 is 1.36 bits per heavy atom. The van der Waals surface area contributed by atoms with Crippen LogP contribution in [0.1, 0.15) is 27.5 Å². The van der Waals surface area contributed by atoms with E-state index >= 15 is 0 Å². The van der Waals surface area contributed by atoms with Crippen molar-refractivity contribution in [2.75, 3.05) is 10.0 Å². The highest BCUT2D eigenvalue weighted by Gasteiger charge is 2.23. The molecule has 1 atom stereocenters. The second-order valence-electron chi connectivity index (χ2n) is 8.61. The molecule has 0 radical (unpaired) electrons. The van der Waals surface area contributed by atoms with Gasteiger partial charge in [0.1, 0.15) is 5.25 Å². The summed E-state index contributed by atoms with van der Waals surface area (Å²) in [4.78, 5) is 14.5. The average Bonchev–Trinajstić information content (AvgIpc) is 2.86. The van der Waals surface area contributed by atoms with Gasteiger partial charge in [0, 0.05) is 16.3 Å². The highest BCUT2D eigenvalue weighted by molar-refractivity contribution is 8.00. The van der Waals surface area contributed by atoms with E-state index in [1.807, 2.05) is 81.4 Å². The van der Waals surface area contributed by atoms with Crippen LogP contribution >= 0.6 is 11.8 Å². The number of carbonyl (C=O) groups is 1. The first kappa shape index (κ1) is 25.5. The summed E-state index contributed by atoms with van der Waals surface area (Å²) in [6.45, 7) is 5.86. The van der Waals surface area contributed by atoms with Gasteiger partial charge in [-0.25, -0.2) is 8.42 Å². The number of amides is 1. The summed E-state index contributed by atoms with van der Waals surface area (Å²) in [5.41, 5.74) is 5.16. The normalized spacial score (nSPS) is 12.1. The van der Waals surface area contributed by atoms with Gasteiger partial charge in [-0.15, -0.1) is 11.8 Å². The highest BCUT2D eigenvalue weighted by atomic mass is 32.2. The zero-order valence-corrected chi connectivity index (χ0v) is 22.0. The summed E-state index contributed by atoms with van der Waals surface area (Å²) >= 11 is 1.42. The average molecular weight is 517 g/mol. The standard InChI is InChI=1S/C29H28N2O3S2/c1-20-12-18-26(19-13-20)36(33,34)31-24-14-16-25(17-15-24)35-28(23-10-5-4-6-11-23)29(32)30-27-21(2)8-7-9-22(27)3/h4-19,28,31H,1-3H3,(H,30,32). The number of benzene rings is 4. The van der Waals surface area contributed by atoms with Gasteiger partial charge in [0.15, 0.2) is 0 Å². The van der Waals surface area contributed by atoms with E-state index in [2.05, 4.69) is 10.0 Å². The number of para-hydroxylation sites is 1. The van der Waals surface area contributed by atoms with Crippen LogP contribution in [0.5, 0.6) is 0 Å². The number of hydrogen-bond donors (Lipinski definition) is 2. The summed E-state index contributed by atoms with van der Waals surface area (Å²) in [6.07, 6.45) is 0. The molecule has 0 aliphatic rings. The molecule has 0 aromatic heterocycles. The van der Waals surface area contributed by atoms with Crippen molar-refractivity contribution in [3.8, 4) is 0 Å². The molecule has 4 rings (SSSR count). The van der Waals surface area contributed by atoms with E-state index in [-0.39, 0.29) is 10.8 Å². The molecule has 5 nitrogen and oxygen atoms in total. The van der Waals surface area contributed by atoms with Gasteiger partial charge in [0.25, 0.3) is 10.0 Å². The van der Waals surface area contributed by atoms with Gasteiger partial charge in [-0.1, -0.05) is 66.2 Å². The molecule has 2 N–H and O–H groups in total. The highest BCUT2D eigenvalue weighted by Crippen LogP contribution is 2.37. The number of rotatable bonds is 8. The maximum atomic E-state index is 13.4. The molecule has 0 spiro atoms. The van der Waals surface area contributed by atoms with E-state index < -0.39 is 15.3 Å². The molecule has 184 valence electrons. The van der Waals surface area contributed by atoms with Gasteiger partial charge in [-0.3, -0.25) is 9.52 Å². The van der Waals surface area contributed by atoms with Crippen molar-refractivity contribution in [1.29, 1.82) is 0 Å². The fraction of sp³-hybridized carbons (Fsp3) is 0.138. The van der Waals surface area contributed by atoms with E-state index in [0.29, 0.717) is 5.69 Å².